The number of benzene rings is 2. The molecule has 32 heavy (non-hydrogen) atoms. The van der Waals surface area contributed by atoms with Gasteiger partial charge in [-0.2, -0.15) is 0 Å². The van der Waals surface area contributed by atoms with Gasteiger partial charge in [0.25, 0.3) is 5.91 Å². The molecule has 9 heteroatoms. The van der Waals surface area contributed by atoms with E-state index in [1.807, 2.05) is 0 Å². The molecule has 172 valence electrons. The van der Waals surface area contributed by atoms with Crippen LogP contribution in [-0.2, 0) is 14.8 Å². The Labute approximate surface area is 194 Å². The van der Waals surface area contributed by atoms with Gasteiger partial charge in [0.1, 0.15) is 6.04 Å². The highest BCUT2D eigenvalue weighted by atomic mass is 35.5. The monoisotopic (exact) mass is 477 g/mol. The normalized spacial score (nSPS) is 15.6. The molecule has 2 aromatic carbocycles. The molecule has 0 spiro atoms. The van der Waals surface area contributed by atoms with Crippen LogP contribution in [0.15, 0.2) is 48.5 Å². The molecule has 0 aliphatic heterocycles. The average Bonchev–Trinajstić information content (AvgIpc) is 2.75. The van der Waals surface area contributed by atoms with Gasteiger partial charge in [-0.1, -0.05) is 43.0 Å². The van der Waals surface area contributed by atoms with Crippen molar-refractivity contribution in [2.75, 3.05) is 15.9 Å². The molecule has 7 nitrogen and oxygen atoms in total. The van der Waals surface area contributed by atoms with Gasteiger partial charge in [-0.25, -0.2) is 8.42 Å². The minimum atomic E-state index is -3.76. The predicted molar refractivity (Wildman–Crippen MR) is 128 cm³/mol. The van der Waals surface area contributed by atoms with Crippen LogP contribution in [0.1, 0.15) is 49.4 Å². The molecule has 0 radical (unpaired) electrons. The molecule has 3 rings (SSSR count). The van der Waals surface area contributed by atoms with Crippen LogP contribution in [0.2, 0.25) is 5.02 Å². The number of halogens is 1. The fraction of sp³-hybridized carbons (Fsp3) is 0.391. The smallest absolute Gasteiger partial charge is 0.253 e. The van der Waals surface area contributed by atoms with Crippen molar-refractivity contribution in [2.24, 2.45) is 0 Å². The molecular weight excluding hydrogens is 450 g/mol. The highest BCUT2D eigenvalue weighted by molar-refractivity contribution is 7.92. The Hall–Kier alpha value is -2.58. The summed E-state index contributed by atoms with van der Waals surface area (Å²) < 4.78 is 26.0. The van der Waals surface area contributed by atoms with Crippen molar-refractivity contribution in [2.45, 2.75) is 51.1 Å². The fourth-order valence-corrected chi connectivity index (χ4v) is 5.23. The molecule has 1 aliphatic carbocycles. The van der Waals surface area contributed by atoms with E-state index in [-0.39, 0.29) is 11.9 Å². The maximum absolute atomic E-state index is 13.0. The first-order valence-electron chi connectivity index (χ1n) is 10.6. The summed E-state index contributed by atoms with van der Waals surface area (Å²) in [5.74, 6) is -0.804. The second-order valence-electron chi connectivity index (χ2n) is 8.05. The molecular formula is C23H28ClN3O4S. The van der Waals surface area contributed by atoms with Gasteiger partial charge in [0.15, 0.2) is 0 Å². The van der Waals surface area contributed by atoms with Crippen LogP contribution in [0.3, 0.4) is 0 Å². The molecule has 2 amide bonds. The van der Waals surface area contributed by atoms with Crippen LogP contribution in [0.4, 0.5) is 11.4 Å². The first kappa shape index (κ1) is 24.1. The first-order chi connectivity index (χ1) is 15.2. The van der Waals surface area contributed by atoms with E-state index in [1.165, 1.54) is 13.3 Å². The molecule has 1 unspecified atom stereocenters. The molecule has 0 bridgehead atoms. The van der Waals surface area contributed by atoms with Gasteiger partial charge in [0.05, 0.1) is 23.2 Å². The van der Waals surface area contributed by atoms with E-state index >= 15 is 0 Å². The standard InChI is InChI=1S/C23H28ClN3O4S/c1-16(27(32(2,30)31)19-14-12-17(24)13-15-19)22(28)26-21-11-7-6-10-20(21)23(29)25-18-8-4-3-5-9-18/h6-7,10-16,18H,3-5,8-9H2,1-2H3,(H,25,29)(H,26,28). The van der Waals surface area contributed by atoms with E-state index in [1.54, 1.807) is 48.5 Å². The van der Waals surface area contributed by atoms with Crippen molar-refractivity contribution in [1.82, 2.24) is 5.32 Å². The second kappa shape index (κ2) is 10.4. The van der Waals surface area contributed by atoms with Crippen LogP contribution in [0, 0.1) is 0 Å². The van der Waals surface area contributed by atoms with Crippen LogP contribution in [0.5, 0.6) is 0 Å². The zero-order chi connectivity index (χ0) is 23.3. The SMILES string of the molecule is CC(C(=O)Nc1ccccc1C(=O)NC1CCCCC1)N(c1ccc(Cl)cc1)S(C)(=O)=O. The Morgan fingerprint density at radius 1 is 1.03 bits per heavy atom. The van der Waals surface area contributed by atoms with Crippen LogP contribution in [-0.4, -0.2) is 38.6 Å². The number of sulfonamides is 1. The van der Waals surface area contributed by atoms with Crippen molar-refractivity contribution < 1.29 is 18.0 Å². The number of amides is 2. The molecule has 2 N–H and O–H groups in total. The number of rotatable bonds is 7. The molecule has 0 saturated heterocycles. The van der Waals surface area contributed by atoms with E-state index in [4.69, 9.17) is 11.6 Å². The number of nitrogens with zero attached hydrogens (tertiary/aromatic N) is 1. The average molecular weight is 478 g/mol. The Morgan fingerprint density at radius 2 is 1.66 bits per heavy atom. The minimum absolute atomic E-state index is 0.129. The van der Waals surface area contributed by atoms with Gasteiger partial charge in [-0.3, -0.25) is 13.9 Å². The van der Waals surface area contributed by atoms with Gasteiger partial charge in [0, 0.05) is 11.1 Å². The third-order valence-electron chi connectivity index (χ3n) is 5.54. The summed E-state index contributed by atoms with van der Waals surface area (Å²) in [5.41, 5.74) is 1.00. The van der Waals surface area contributed by atoms with Crippen LogP contribution < -0.4 is 14.9 Å². The largest absolute Gasteiger partial charge is 0.349 e. The summed E-state index contributed by atoms with van der Waals surface area (Å²) in [6.07, 6.45) is 6.29. The molecule has 1 aliphatic rings. The Kier molecular flexibility index (Phi) is 7.79. The van der Waals surface area contributed by atoms with Crippen molar-refractivity contribution in [3.8, 4) is 0 Å². The third-order valence-corrected chi connectivity index (χ3v) is 7.03. The van der Waals surface area contributed by atoms with Gasteiger partial charge < -0.3 is 10.6 Å². The molecule has 0 heterocycles. The lowest BCUT2D eigenvalue weighted by atomic mass is 9.95. The number of hydrogen-bond acceptors (Lipinski definition) is 4. The summed E-state index contributed by atoms with van der Waals surface area (Å²) in [7, 11) is -3.76. The number of nitrogens with one attached hydrogen (secondary N) is 2. The van der Waals surface area contributed by atoms with Gasteiger partial charge in [-0.05, 0) is 56.2 Å². The molecule has 2 aromatic rings. The third kappa shape index (κ3) is 6.01. The van der Waals surface area contributed by atoms with Gasteiger partial charge in [-0.15, -0.1) is 0 Å². The lowest BCUT2D eigenvalue weighted by molar-refractivity contribution is -0.116. The topological polar surface area (TPSA) is 95.6 Å². The maximum Gasteiger partial charge on any atom is 0.253 e. The molecule has 1 atom stereocenters. The fourth-order valence-electron chi connectivity index (χ4n) is 3.93. The van der Waals surface area contributed by atoms with Gasteiger partial charge in [0.2, 0.25) is 15.9 Å². The van der Waals surface area contributed by atoms with E-state index in [0.717, 1.165) is 36.2 Å². The summed E-state index contributed by atoms with van der Waals surface area (Å²) in [5, 5.41) is 6.23. The Morgan fingerprint density at radius 3 is 2.28 bits per heavy atom. The van der Waals surface area contributed by atoms with Crippen molar-refractivity contribution in [1.29, 1.82) is 0 Å². The number of anilines is 2. The highest BCUT2D eigenvalue weighted by Crippen LogP contribution is 2.25. The zero-order valence-corrected chi connectivity index (χ0v) is 19.7. The van der Waals surface area contributed by atoms with E-state index in [0.29, 0.717) is 22.0 Å². The highest BCUT2D eigenvalue weighted by Gasteiger charge is 2.30. The van der Waals surface area contributed by atoms with Crippen molar-refractivity contribution in [3.05, 3.63) is 59.1 Å². The number of carbonyl (C=O) groups is 2. The van der Waals surface area contributed by atoms with Gasteiger partial charge >= 0.3 is 0 Å². The lowest BCUT2D eigenvalue weighted by Crippen LogP contribution is -2.45. The zero-order valence-electron chi connectivity index (χ0n) is 18.2. The summed E-state index contributed by atoms with van der Waals surface area (Å²) >= 11 is 5.91. The molecule has 0 aromatic heterocycles. The van der Waals surface area contributed by atoms with Crippen molar-refractivity contribution in [3.63, 3.8) is 0 Å². The lowest BCUT2D eigenvalue weighted by Gasteiger charge is -2.28. The molecule has 1 saturated carbocycles. The summed E-state index contributed by atoms with van der Waals surface area (Å²) in [6.45, 7) is 1.50. The first-order valence-corrected chi connectivity index (χ1v) is 12.8. The van der Waals surface area contributed by atoms with E-state index in [9.17, 15) is 18.0 Å². The predicted octanol–water partition coefficient (Wildman–Crippen LogP) is 4.20. The number of hydrogen-bond donors (Lipinski definition) is 2. The maximum atomic E-state index is 13.0. The molecule has 1 fully saturated rings. The van der Waals surface area contributed by atoms with Crippen molar-refractivity contribution >= 4 is 44.8 Å². The van der Waals surface area contributed by atoms with E-state index in [2.05, 4.69) is 10.6 Å². The summed E-state index contributed by atoms with van der Waals surface area (Å²) in [4.78, 5) is 25.9. The second-order valence-corrected chi connectivity index (χ2v) is 10.4. The van der Waals surface area contributed by atoms with Crippen LogP contribution in [0.25, 0.3) is 0 Å². The quantitative estimate of drug-likeness (QED) is 0.624. The number of para-hydroxylation sites is 1. The Balaban J connectivity index is 1.79. The summed E-state index contributed by atoms with van der Waals surface area (Å²) in [6, 6.07) is 12.0. The number of carbonyl (C=O) groups excluding carboxylic acids is 2. The minimum Gasteiger partial charge on any atom is -0.349 e. The van der Waals surface area contributed by atoms with Crippen LogP contribution >= 0.6 is 11.6 Å². The van der Waals surface area contributed by atoms with E-state index < -0.39 is 22.0 Å². The Bertz CT molecular complexity index is 1070.